The monoisotopic (exact) mass is 249 g/mol. The molecule has 0 fully saturated rings. The molecule has 1 aliphatic rings. The summed E-state index contributed by atoms with van der Waals surface area (Å²) < 4.78 is 5.43. The average molecular weight is 249 g/mol. The van der Waals surface area contributed by atoms with Crippen LogP contribution in [0.3, 0.4) is 0 Å². The van der Waals surface area contributed by atoms with E-state index in [0.717, 1.165) is 31.9 Å². The third kappa shape index (κ3) is 3.42. The molecule has 0 aromatic carbocycles. The molecule has 1 atom stereocenters. The van der Waals surface area contributed by atoms with Crippen LogP contribution in [0.2, 0.25) is 0 Å². The van der Waals surface area contributed by atoms with Crippen molar-refractivity contribution in [2.24, 2.45) is 0 Å². The van der Waals surface area contributed by atoms with Gasteiger partial charge in [-0.25, -0.2) is 9.97 Å². The quantitative estimate of drug-likeness (QED) is 0.815. The first-order valence-corrected chi connectivity index (χ1v) is 6.98. The minimum absolute atomic E-state index is 0.284. The fourth-order valence-corrected chi connectivity index (χ4v) is 2.39. The molecule has 18 heavy (non-hydrogen) atoms. The fourth-order valence-electron chi connectivity index (χ4n) is 2.39. The van der Waals surface area contributed by atoms with Crippen molar-refractivity contribution in [3.63, 3.8) is 0 Å². The van der Waals surface area contributed by atoms with Crippen molar-refractivity contribution in [1.29, 1.82) is 0 Å². The Morgan fingerprint density at radius 3 is 2.94 bits per heavy atom. The van der Waals surface area contributed by atoms with Crippen LogP contribution in [-0.2, 0) is 17.6 Å². The molecular weight excluding hydrogens is 226 g/mol. The summed E-state index contributed by atoms with van der Waals surface area (Å²) in [7, 11) is 0. The van der Waals surface area contributed by atoms with Gasteiger partial charge in [-0.2, -0.15) is 0 Å². The first kappa shape index (κ1) is 13.3. The standard InChI is InChI=1S/C14H23N3O/c1-3-18-9-11(2)17-14-12-7-5-4-6-8-13(12)15-10-16-14/h10-11H,3-9H2,1-2H3,(H,15,16,17). The predicted molar refractivity (Wildman–Crippen MR) is 72.9 cm³/mol. The number of hydrogen-bond acceptors (Lipinski definition) is 4. The van der Waals surface area contributed by atoms with Crippen LogP contribution in [0.15, 0.2) is 6.33 Å². The normalized spacial score (nSPS) is 16.8. The molecule has 2 rings (SSSR count). The molecule has 1 unspecified atom stereocenters. The van der Waals surface area contributed by atoms with Gasteiger partial charge in [0, 0.05) is 23.9 Å². The van der Waals surface area contributed by atoms with E-state index in [1.165, 1.54) is 30.5 Å². The lowest BCUT2D eigenvalue weighted by Gasteiger charge is -2.17. The molecular formula is C14H23N3O. The largest absolute Gasteiger partial charge is 0.380 e. The highest BCUT2D eigenvalue weighted by Gasteiger charge is 2.15. The van der Waals surface area contributed by atoms with Crippen LogP contribution in [0, 0.1) is 0 Å². The van der Waals surface area contributed by atoms with Gasteiger partial charge in [0.15, 0.2) is 0 Å². The molecule has 0 spiro atoms. The molecule has 4 nitrogen and oxygen atoms in total. The number of nitrogens with one attached hydrogen (secondary N) is 1. The number of hydrogen-bond donors (Lipinski definition) is 1. The minimum Gasteiger partial charge on any atom is -0.380 e. The van der Waals surface area contributed by atoms with Gasteiger partial charge in [-0.15, -0.1) is 0 Å². The molecule has 0 amide bonds. The molecule has 0 radical (unpaired) electrons. The second kappa shape index (κ2) is 6.69. The van der Waals surface area contributed by atoms with Gasteiger partial charge in [0.05, 0.1) is 6.61 Å². The number of aromatic nitrogens is 2. The Balaban J connectivity index is 2.08. The van der Waals surface area contributed by atoms with Crippen LogP contribution in [0.25, 0.3) is 0 Å². The van der Waals surface area contributed by atoms with Crippen molar-refractivity contribution in [3.05, 3.63) is 17.6 Å². The smallest absolute Gasteiger partial charge is 0.133 e. The Bertz CT molecular complexity index is 381. The Hall–Kier alpha value is -1.16. The number of rotatable bonds is 5. The third-order valence-electron chi connectivity index (χ3n) is 3.33. The van der Waals surface area contributed by atoms with E-state index in [1.807, 2.05) is 6.92 Å². The van der Waals surface area contributed by atoms with Crippen molar-refractivity contribution in [3.8, 4) is 0 Å². The van der Waals surface area contributed by atoms with Gasteiger partial charge in [-0.05, 0) is 39.5 Å². The molecule has 0 aliphatic heterocycles. The molecule has 1 aliphatic carbocycles. The Morgan fingerprint density at radius 2 is 2.11 bits per heavy atom. The van der Waals surface area contributed by atoms with Crippen molar-refractivity contribution in [2.45, 2.75) is 52.0 Å². The molecule has 1 N–H and O–H groups in total. The Kier molecular flexibility index (Phi) is 4.93. The molecule has 1 aromatic heterocycles. The first-order valence-electron chi connectivity index (χ1n) is 6.98. The van der Waals surface area contributed by atoms with Crippen LogP contribution < -0.4 is 5.32 Å². The number of aryl methyl sites for hydroxylation is 1. The average Bonchev–Trinajstić information content (AvgIpc) is 2.62. The molecule has 0 bridgehead atoms. The maximum absolute atomic E-state index is 5.43. The van der Waals surface area contributed by atoms with Gasteiger partial charge in [-0.1, -0.05) is 6.42 Å². The van der Waals surface area contributed by atoms with Crippen LogP contribution in [0.1, 0.15) is 44.4 Å². The van der Waals surface area contributed by atoms with E-state index >= 15 is 0 Å². The van der Waals surface area contributed by atoms with Gasteiger partial charge in [-0.3, -0.25) is 0 Å². The van der Waals surface area contributed by atoms with Crippen molar-refractivity contribution in [1.82, 2.24) is 9.97 Å². The number of ether oxygens (including phenoxy) is 1. The van der Waals surface area contributed by atoms with Crippen LogP contribution in [0.4, 0.5) is 5.82 Å². The number of anilines is 1. The summed E-state index contributed by atoms with van der Waals surface area (Å²) in [5, 5.41) is 3.46. The molecule has 0 saturated heterocycles. The summed E-state index contributed by atoms with van der Waals surface area (Å²) in [5.41, 5.74) is 2.55. The van der Waals surface area contributed by atoms with Crippen molar-refractivity contribution >= 4 is 5.82 Å². The van der Waals surface area contributed by atoms with Crippen LogP contribution >= 0.6 is 0 Å². The van der Waals surface area contributed by atoms with E-state index in [-0.39, 0.29) is 6.04 Å². The zero-order chi connectivity index (χ0) is 12.8. The van der Waals surface area contributed by atoms with Gasteiger partial charge < -0.3 is 10.1 Å². The fraction of sp³-hybridized carbons (Fsp3) is 0.714. The summed E-state index contributed by atoms with van der Waals surface area (Å²) in [6.07, 6.45) is 7.66. The second-order valence-corrected chi connectivity index (χ2v) is 4.91. The Morgan fingerprint density at radius 1 is 1.28 bits per heavy atom. The highest BCUT2D eigenvalue weighted by Crippen LogP contribution is 2.24. The molecule has 1 heterocycles. The van der Waals surface area contributed by atoms with E-state index < -0.39 is 0 Å². The zero-order valence-electron chi connectivity index (χ0n) is 11.4. The maximum atomic E-state index is 5.43. The summed E-state index contributed by atoms with van der Waals surface area (Å²) in [6, 6.07) is 0.284. The minimum atomic E-state index is 0.284. The lowest BCUT2D eigenvalue weighted by atomic mass is 10.1. The van der Waals surface area contributed by atoms with Crippen molar-refractivity contribution in [2.75, 3.05) is 18.5 Å². The van der Waals surface area contributed by atoms with E-state index in [2.05, 4.69) is 22.2 Å². The molecule has 1 aromatic rings. The Labute approximate surface area is 109 Å². The van der Waals surface area contributed by atoms with E-state index in [1.54, 1.807) is 6.33 Å². The van der Waals surface area contributed by atoms with Gasteiger partial charge in [0.2, 0.25) is 0 Å². The first-order chi connectivity index (χ1) is 8.81. The summed E-state index contributed by atoms with van der Waals surface area (Å²) in [6.45, 7) is 5.62. The van der Waals surface area contributed by atoms with Crippen LogP contribution in [-0.4, -0.2) is 29.2 Å². The number of nitrogens with zero attached hydrogens (tertiary/aromatic N) is 2. The van der Waals surface area contributed by atoms with E-state index in [4.69, 9.17) is 4.74 Å². The van der Waals surface area contributed by atoms with Crippen molar-refractivity contribution < 1.29 is 4.74 Å². The zero-order valence-corrected chi connectivity index (χ0v) is 11.4. The third-order valence-corrected chi connectivity index (χ3v) is 3.33. The summed E-state index contributed by atoms with van der Waals surface area (Å²) in [5.74, 6) is 1.01. The number of fused-ring (bicyclic) bond motifs is 1. The lowest BCUT2D eigenvalue weighted by Crippen LogP contribution is -2.23. The van der Waals surface area contributed by atoms with E-state index in [9.17, 15) is 0 Å². The molecule has 100 valence electrons. The second-order valence-electron chi connectivity index (χ2n) is 4.91. The highest BCUT2D eigenvalue weighted by atomic mass is 16.5. The predicted octanol–water partition coefficient (Wildman–Crippen LogP) is 2.58. The molecule has 4 heteroatoms. The van der Waals surface area contributed by atoms with Crippen LogP contribution in [0.5, 0.6) is 0 Å². The maximum Gasteiger partial charge on any atom is 0.133 e. The SMILES string of the molecule is CCOCC(C)Nc1ncnc2c1CCCCC2. The molecule has 0 saturated carbocycles. The van der Waals surface area contributed by atoms with Gasteiger partial charge in [0.25, 0.3) is 0 Å². The summed E-state index contributed by atoms with van der Waals surface area (Å²) in [4.78, 5) is 8.83. The van der Waals surface area contributed by atoms with Gasteiger partial charge in [0.1, 0.15) is 12.1 Å². The van der Waals surface area contributed by atoms with E-state index in [0.29, 0.717) is 0 Å². The van der Waals surface area contributed by atoms with Gasteiger partial charge >= 0.3 is 0 Å². The summed E-state index contributed by atoms with van der Waals surface area (Å²) >= 11 is 0. The topological polar surface area (TPSA) is 47.0 Å². The lowest BCUT2D eigenvalue weighted by molar-refractivity contribution is 0.141. The highest BCUT2D eigenvalue weighted by molar-refractivity contribution is 5.47.